The van der Waals surface area contributed by atoms with E-state index in [1.807, 2.05) is 0 Å². The van der Waals surface area contributed by atoms with E-state index in [0.29, 0.717) is 0 Å². The molecule has 1 aromatic heterocycles. The predicted octanol–water partition coefficient (Wildman–Crippen LogP) is 1.59. The summed E-state index contributed by atoms with van der Waals surface area (Å²) < 4.78 is 46.2. The maximum atomic E-state index is 13.4. The third-order valence-electron chi connectivity index (χ3n) is 3.57. The van der Waals surface area contributed by atoms with E-state index in [4.69, 9.17) is 4.74 Å². The summed E-state index contributed by atoms with van der Waals surface area (Å²) in [6.45, 7) is 5.81. The van der Waals surface area contributed by atoms with Crippen LogP contribution in [-0.4, -0.2) is 51.0 Å². The number of alkyl carbamates (subject to hydrolysis) is 1. The number of hydrogen-bond donors (Lipinski definition) is 3. The van der Waals surface area contributed by atoms with E-state index in [9.17, 15) is 27.9 Å². The molecule has 11 heteroatoms. The quantitative estimate of drug-likeness (QED) is 0.680. The fraction of sp³-hybridized carbons (Fsp3) is 0.688. The van der Waals surface area contributed by atoms with Gasteiger partial charge in [-0.05, 0) is 27.7 Å². The number of amides is 2. The molecule has 27 heavy (non-hydrogen) atoms. The van der Waals surface area contributed by atoms with Gasteiger partial charge in [-0.3, -0.25) is 4.79 Å². The van der Waals surface area contributed by atoms with Gasteiger partial charge in [-0.1, -0.05) is 0 Å². The molecule has 0 aliphatic carbocycles. The molecule has 0 saturated heterocycles. The second kappa shape index (κ2) is 8.15. The Labute approximate surface area is 155 Å². The lowest BCUT2D eigenvalue weighted by atomic mass is 9.97. The number of aliphatic hydroxyl groups is 1. The molecule has 154 valence electrons. The number of aromatic nitrogens is 2. The van der Waals surface area contributed by atoms with Crippen LogP contribution in [0, 0.1) is 0 Å². The smallest absolute Gasteiger partial charge is 0.424 e. The van der Waals surface area contributed by atoms with E-state index >= 15 is 0 Å². The Balaban J connectivity index is 2.67. The van der Waals surface area contributed by atoms with Gasteiger partial charge in [0.15, 0.2) is 0 Å². The Kier molecular flexibility index (Phi) is 6.87. The second-order valence-corrected chi connectivity index (χ2v) is 7.13. The molecule has 0 aromatic carbocycles. The van der Waals surface area contributed by atoms with Crippen LogP contribution >= 0.6 is 0 Å². The molecule has 0 saturated carbocycles. The number of nitrogens with one attached hydrogen (secondary N) is 2. The van der Waals surface area contributed by atoms with Gasteiger partial charge in [0.2, 0.25) is 11.5 Å². The summed E-state index contributed by atoms with van der Waals surface area (Å²) in [5.74, 6) is -1.30. The monoisotopic (exact) mass is 394 g/mol. The molecule has 1 aromatic rings. The number of carbonyl (C=O) groups is 2. The van der Waals surface area contributed by atoms with Crippen LogP contribution in [0.1, 0.15) is 39.9 Å². The zero-order valence-electron chi connectivity index (χ0n) is 15.8. The summed E-state index contributed by atoms with van der Waals surface area (Å²) >= 11 is 0. The van der Waals surface area contributed by atoms with E-state index in [-0.39, 0.29) is 0 Å². The van der Waals surface area contributed by atoms with Crippen LogP contribution in [0.3, 0.4) is 0 Å². The Hall–Kier alpha value is -2.30. The standard InChI is InChI=1S/C16H25F3N4O4/c1-10(22-13(25)27-14(2,3)4)11(24)20-7-6-15(26,16(17,18)19)12-21-8-9-23(12)5/h8-10,26H,6-7H2,1-5H3,(H,20,24)(H,22,25)/t10-,15+/m1/s1. The van der Waals surface area contributed by atoms with E-state index < -0.39 is 54.2 Å². The van der Waals surface area contributed by atoms with Gasteiger partial charge in [0.1, 0.15) is 17.5 Å². The Bertz CT molecular complexity index is 669. The van der Waals surface area contributed by atoms with Crippen molar-refractivity contribution in [3.8, 4) is 0 Å². The molecule has 2 atom stereocenters. The predicted molar refractivity (Wildman–Crippen MR) is 89.6 cm³/mol. The molecule has 2 amide bonds. The first-order valence-electron chi connectivity index (χ1n) is 8.21. The number of ether oxygens (including phenoxy) is 1. The molecule has 0 aliphatic rings. The normalized spacial score (nSPS) is 15.6. The van der Waals surface area contributed by atoms with Gasteiger partial charge in [-0.2, -0.15) is 13.2 Å². The molecule has 0 unspecified atom stereocenters. The summed E-state index contributed by atoms with van der Waals surface area (Å²) in [5.41, 5.74) is -3.98. The SMILES string of the molecule is C[C@@H](NC(=O)OC(C)(C)C)C(=O)NCC[C@](O)(c1nccn1C)C(F)(F)F. The van der Waals surface area contributed by atoms with E-state index in [2.05, 4.69) is 15.6 Å². The van der Waals surface area contributed by atoms with Gasteiger partial charge < -0.3 is 25.0 Å². The average molecular weight is 394 g/mol. The molecule has 0 radical (unpaired) electrons. The molecular weight excluding hydrogens is 369 g/mol. The van der Waals surface area contributed by atoms with Crippen molar-refractivity contribution in [3.63, 3.8) is 0 Å². The van der Waals surface area contributed by atoms with Crippen molar-refractivity contribution >= 4 is 12.0 Å². The molecular formula is C16H25F3N4O4. The summed E-state index contributed by atoms with van der Waals surface area (Å²) in [5, 5.41) is 14.7. The lowest BCUT2D eigenvalue weighted by Crippen LogP contribution is -2.49. The van der Waals surface area contributed by atoms with Crippen LogP contribution in [0.25, 0.3) is 0 Å². The number of aryl methyl sites for hydroxylation is 1. The lowest BCUT2D eigenvalue weighted by Gasteiger charge is -2.30. The van der Waals surface area contributed by atoms with Gasteiger partial charge >= 0.3 is 12.3 Å². The number of carbonyl (C=O) groups excluding carboxylic acids is 2. The summed E-state index contributed by atoms with van der Waals surface area (Å²) in [7, 11) is 1.32. The summed E-state index contributed by atoms with van der Waals surface area (Å²) in [6, 6.07) is -1.04. The third-order valence-corrected chi connectivity index (χ3v) is 3.57. The number of imidazole rings is 1. The topological polar surface area (TPSA) is 105 Å². The molecule has 1 heterocycles. The van der Waals surface area contributed by atoms with Gasteiger partial charge in [0.05, 0.1) is 0 Å². The Morgan fingerprint density at radius 2 is 1.93 bits per heavy atom. The molecule has 0 spiro atoms. The first-order valence-corrected chi connectivity index (χ1v) is 8.21. The molecule has 1 rings (SSSR count). The van der Waals surface area contributed by atoms with Crippen molar-refractivity contribution in [2.45, 2.75) is 57.5 Å². The second-order valence-electron chi connectivity index (χ2n) is 7.13. The van der Waals surface area contributed by atoms with E-state index in [1.54, 1.807) is 20.8 Å². The Morgan fingerprint density at radius 3 is 2.37 bits per heavy atom. The average Bonchev–Trinajstić information content (AvgIpc) is 2.90. The number of alkyl halides is 3. The van der Waals surface area contributed by atoms with E-state index in [0.717, 1.165) is 10.8 Å². The van der Waals surface area contributed by atoms with Crippen molar-refractivity contribution in [1.29, 1.82) is 0 Å². The molecule has 0 aliphatic heterocycles. The van der Waals surface area contributed by atoms with Crippen molar-refractivity contribution < 1.29 is 32.6 Å². The molecule has 0 fully saturated rings. The minimum absolute atomic E-state index is 0.484. The minimum Gasteiger partial charge on any atom is -0.444 e. The van der Waals surface area contributed by atoms with Crippen LogP contribution in [-0.2, 0) is 22.2 Å². The van der Waals surface area contributed by atoms with Crippen LogP contribution in [0.2, 0.25) is 0 Å². The van der Waals surface area contributed by atoms with Gasteiger partial charge in [0, 0.05) is 32.4 Å². The van der Waals surface area contributed by atoms with Crippen molar-refractivity contribution in [2.24, 2.45) is 7.05 Å². The highest BCUT2D eigenvalue weighted by Crippen LogP contribution is 2.40. The van der Waals surface area contributed by atoms with Crippen LogP contribution in [0.4, 0.5) is 18.0 Å². The van der Waals surface area contributed by atoms with Crippen molar-refractivity contribution in [3.05, 3.63) is 18.2 Å². The zero-order chi connectivity index (χ0) is 21.0. The fourth-order valence-corrected chi connectivity index (χ4v) is 2.21. The fourth-order valence-electron chi connectivity index (χ4n) is 2.21. The minimum atomic E-state index is -4.99. The molecule has 3 N–H and O–H groups in total. The first-order chi connectivity index (χ1) is 12.2. The van der Waals surface area contributed by atoms with Crippen LogP contribution in [0.15, 0.2) is 12.4 Å². The lowest BCUT2D eigenvalue weighted by molar-refractivity contribution is -0.272. The van der Waals surface area contributed by atoms with Crippen molar-refractivity contribution in [2.75, 3.05) is 6.54 Å². The highest BCUT2D eigenvalue weighted by Gasteiger charge is 2.57. The molecule has 0 bridgehead atoms. The van der Waals surface area contributed by atoms with Gasteiger partial charge in [0.25, 0.3) is 0 Å². The third kappa shape index (κ3) is 6.12. The van der Waals surface area contributed by atoms with Crippen LogP contribution < -0.4 is 10.6 Å². The molecule has 8 nitrogen and oxygen atoms in total. The summed E-state index contributed by atoms with van der Waals surface area (Å²) in [6.07, 6.45) is -4.25. The largest absolute Gasteiger partial charge is 0.444 e. The van der Waals surface area contributed by atoms with Gasteiger partial charge in [-0.25, -0.2) is 9.78 Å². The van der Waals surface area contributed by atoms with E-state index in [1.165, 1.54) is 20.2 Å². The highest BCUT2D eigenvalue weighted by molar-refractivity contribution is 5.85. The maximum Gasteiger partial charge on any atom is 0.424 e. The van der Waals surface area contributed by atoms with Crippen molar-refractivity contribution in [1.82, 2.24) is 20.2 Å². The number of halogens is 3. The first kappa shape index (κ1) is 22.7. The Morgan fingerprint density at radius 1 is 1.33 bits per heavy atom. The zero-order valence-corrected chi connectivity index (χ0v) is 15.8. The van der Waals surface area contributed by atoms with Crippen LogP contribution in [0.5, 0.6) is 0 Å². The highest BCUT2D eigenvalue weighted by atomic mass is 19.4. The van der Waals surface area contributed by atoms with Gasteiger partial charge in [-0.15, -0.1) is 0 Å². The number of rotatable bonds is 6. The summed E-state index contributed by atoms with van der Waals surface area (Å²) in [4.78, 5) is 27.2. The maximum absolute atomic E-state index is 13.4. The number of nitrogens with zero attached hydrogens (tertiary/aromatic N) is 2. The number of hydrogen-bond acceptors (Lipinski definition) is 5.